The van der Waals surface area contributed by atoms with E-state index in [2.05, 4.69) is 32.6 Å². The summed E-state index contributed by atoms with van der Waals surface area (Å²) in [6, 6.07) is 0. The van der Waals surface area contributed by atoms with Crippen molar-refractivity contribution in [1.29, 1.82) is 0 Å². The molecular weight excluding hydrogens is 214 g/mol. The van der Waals surface area contributed by atoms with Crippen LogP contribution in [0.15, 0.2) is 11.8 Å². The molecule has 96 valence electrons. The molecule has 0 unspecified atom stereocenters. The Morgan fingerprint density at radius 3 is 2.35 bits per heavy atom. The molecule has 17 heavy (non-hydrogen) atoms. The minimum absolute atomic E-state index is 0.103. The zero-order valence-corrected chi connectivity index (χ0v) is 11.3. The van der Waals surface area contributed by atoms with Gasteiger partial charge in [0.05, 0.1) is 12.2 Å². The molecule has 0 aromatic rings. The lowest BCUT2D eigenvalue weighted by atomic mass is 9.78. The van der Waals surface area contributed by atoms with Gasteiger partial charge in [0.1, 0.15) is 0 Å². The molecule has 0 amide bonds. The van der Waals surface area contributed by atoms with Gasteiger partial charge in [-0.3, -0.25) is 4.79 Å². The Morgan fingerprint density at radius 2 is 1.82 bits per heavy atom. The average Bonchev–Trinajstić information content (AvgIpc) is 2.12. The fourth-order valence-corrected chi connectivity index (χ4v) is 2.93. The van der Waals surface area contributed by atoms with Crippen LogP contribution in [0.3, 0.4) is 0 Å². The standard InChI is InChI=1S/C14H23NO2/c1-10-8-15(9-11(2)17-10)12-5-13(16)7-14(3,4)6-12/h5,10-11H,6-9H2,1-4H3/t10-,11+. The Bertz CT molecular complexity index is 336. The highest BCUT2D eigenvalue weighted by molar-refractivity contribution is 5.91. The van der Waals surface area contributed by atoms with Gasteiger partial charge in [0.25, 0.3) is 0 Å². The molecule has 1 fully saturated rings. The van der Waals surface area contributed by atoms with E-state index in [1.807, 2.05) is 6.08 Å². The maximum absolute atomic E-state index is 11.8. The summed E-state index contributed by atoms with van der Waals surface area (Å²) < 4.78 is 5.73. The summed E-state index contributed by atoms with van der Waals surface area (Å²) in [6.07, 6.45) is 4.01. The first kappa shape index (κ1) is 12.6. The summed E-state index contributed by atoms with van der Waals surface area (Å²) in [5, 5.41) is 0. The van der Waals surface area contributed by atoms with E-state index in [1.54, 1.807) is 0 Å². The van der Waals surface area contributed by atoms with Crippen molar-refractivity contribution in [1.82, 2.24) is 4.90 Å². The molecule has 0 aromatic carbocycles. The lowest BCUT2D eigenvalue weighted by Crippen LogP contribution is -2.46. The summed E-state index contributed by atoms with van der Waals surface area (Å²) in [5.74, 6) is 0.267. The fourth-order valence-electron chi connectivity index (χ4n) is 2.93. The number of nitrogens with zero attached hydrogens (tertiary/aromatic N) is 1. The van der Waals surface area contributed by atoms with Crippen LogP contribution < -0.4 is 0 Å². The van der Waals surface area contributed by atoms with Crippen LogP contribution in [0, 0.1) is 5.41 Å². The van der Waals surface area contributed by atoms with Crippen molar-refractivity contribution >= 4 is 5.78 Å². The Morgan fingerprint density at radius 1 is 1.24 bits per heavy atom. The second-order valence-corrected chi connectivity index (χ2v) is 6.28. The van der Waals surface area contributed by atoms with Crippen LogP contribution in [0.25, 0.3) is 0 Å². The van der Waals surface area contributed by atoms with Crippen molar-refractivity contribution in [2.24, 2.45) is 5.41 Å². The first-order chi connectivity index (χ1) is 7.85. The van der Waals surface area contributed by atoms with E-state index in [-0.39, 0.29) is 23.4 Å². The zero-order chi connectivity index (χ0) is 12.6. The zero-order valence-electron chi connectivity index (χ0n) is 11.3. The summed E-state index contributed by atoms with van der Waals surface area (Å²) in [6.45, 7) is 10.3. The summed E-state index contributed by atoms with van der Waals surface area (Å²) in [7, 11) is 0. The van der Waals surface area contributed by atoms with Crippen LogP contribution in [0.4, 0.5) is 0 Å². The predicted octanol–water partition coefficient (Wildman–Crippen LogP) is 2.37. The minimum Gasteiger partial charge on any atom is -0.372 e. The van der Waals surface area contributed by atoms with E-state index >= 15 is 0 Å². The second kappa shape index (κ2) is 4.45. The smallest absolute Gasteiger partial charge is 0.157 e. The van der Waals surface area contributed by atoms with E-state index in [0.717, 1.165) is 19.5 Å². The Hall–Kier alpha value is -0.830. The number of carbonyl (C=O) groups excluding carboxylic acids is 1. The van der Waals surface area contributed by atoms with Crippen LogP contribution >= 0.6 is 0 Å². The summed E-state index contributed by atoms with van der Waals surface area (Å²) in [5.41, 5.74) is 1.31. The molecular formula is C14H23NO2. The maximum Gasteiger partial charge on any atom is 0.157 e. The van der Waals surface area contributed by atoms with Crippen LogP contribution in [-0.4, -0.2) is 36.0 Å². The van der Waals surface area contributed by atoms with Crippen molar-refractivity contribution in [2.45, 2.75) is 52.7 Å². The number of ketones is 1. The third-order valence-corrected chi connectivity index (χ3v) is 3.47. The number of carbonyl (C=O) groups is 1. The molecule has 3 nitrogen and oxygen atoms in total. The Kier molecular flexibility index (Phi) is 3.30. The molecule has 0 N–H and O–H groups in total. The second-order valence-electron chi connectivity index (χ2n) is 6.28. The molecule has 0 aromatic heterocycles. The summed E-state index contributed by atoms with van der Waals surface area (Å²) in [4.78, 5) is 14.1. The molecule has 1 heterocycles. The summed E-state index contributed by atoms with van der Waals surface area (Å²) >= 11 is 0. The lowest BCUT2D eigenvalue weighted by molar-refractivity contribution is -0.117. The molecule has 0 spiro atoms. The van der Waals surface area contributed by atoms with Crippen molar-refractivity contribution in [3.63, 3.8) is 0 Å². The topological polar surface area (TPSA) is 29.5 Å². The van der Waals surface area contributed by atoms with Gasteiger partial charge in [0.15, 0.2) is 5.78 Å². The SMILES string of the molecule is C[C@@H]1CN(C2=CC(=O)CC(C)(C)C2)C[C@H](C)O1. The van der Waals surface area contributed by atoms with E-state index in [9.17, 15) is 4.79 Å². The van der Waals surface area contributed by atoms with E-state index < -0.39 is 0 Å². The Balaban J connectivity index is 2.13. The van der Waals surface area contributed by atoms with Crippen molar-refractivity contribution < 1.29 is 9.53 Å². The van der Waals surface area contributed by atoms with Gasteiger partial charge >= 0.3 is 0 Å². The molecule has 1 saturated heterocycles. The van der Waals surface area contributed by atoms with E-state index in [4.69, 9.17) is 4.74 Å². The van der Waals surface area contributed by atoms with E-state index in [0.29, 0.717) is 6.42 Å². The number of hydrogen-bond acceptors (Lipinski definition) is 3. The molecule has 0 bridgehead atoms. The first-order valence-corrected chi connectivity index (χ1v) is 6.49. The molecule has 2 atom stereocenters. The van der Waals surface area contributed by atoms with Crippen LogP contribution in [0.2, 0.25) is 0 Å². The highest BCUT2D eigenvalue weighted by atomic mass is 16.5. The van der Waals surface area contributed by atoms with E-state index in [1.165, 1.54) is 5.70 Å². The maximum atomic E-state index is 11.8. The highest BCUT2D eigenvalue weighted by Gasteiger charge is 2.32. The van der Waals surface area contributed by atoms with Gasteiger partial charge in [-0.1, -0.05) is 13.8 Å². The first-order valence-electron chi connectivity index (χ1n) is 6.49. The van der Waals surface area contributed by atoms with Gasteiger partial charge in [0.2, 0.25) is 0 Å². The van der Waals surface area contributed by atoms with Crippen molar-refractivity contribution in [3.8, 4) is 0 Å². The number of allylic oxidation sites excluding steroid dienone is 2. The van der Waals surface area contributed by atoms with Gasteiger partial charge in [-0.15, -0.1) is 0 Å². The molecule has 3 heteroatoms. The fraction of sp³-hybridized carbons (Fsp3) is 0.786. The van der Waals surface area contributed by atoms with Gasteiger partial charge in [0, 0.05) is 31.3 Å². The van der Waals surface area contributed by atoms with Crippen molar-refractivity contribution in [3.05, 3.63) is 11.8 Å². The minimum atomic E-state index is 0.103. The molecule has 2 aliphatic rings. The van der Waals surface area contributed by atoms with Crippen molar-refractivity contribution in [2.75, 3.05) is 13.1 Å². The number of hydrogen-bond donors (Lipinski definition) is 0. The lowest BCUT2D eigenvalue weighted by Gasteiger charge is -2.41. The van der Waals surface area contributed by atoms with Crippen LogP contribution in [0.1, 0.15) is 40.5 Å². The van der Waals surface area contributed by atoms with Crippen LogP contribution in [0.5, 0.6) is 0 Å². The third-order valence-electron chi connectivity index (χ3n) is 3.47. The molecule has 0 saturated carbocycles. The van der Waals surface area contributed by atoms with Gasteiger partial charge in [-0.2, -0.15) is 0 Å². The molecule has 2 rings (SSSR count). The number of ether oxygens (including phenoxy) is 1. The third kappa shape index (κ3) is 3.09. The van der Waals surface area contributed by atoms with Gasteiger partial charge in [-0.05, 0) is 25.7 Å². The van der Waals surface area contributed by atoms with Gasteiger partial charge in [-0.25, -0.2) is 0 Å². The molecule has 0 radical (unpaired) electrons. The molecule has 1 aliphatic heterocycles. The number of morpholine rings is 1. The predicted molar refractivity (Wildman–Crippen MR) is 67.7 cm³/mol. The Labute approximate surface area is 104 Å². The van der Waals surface area contributed by atoms with Gasteiger partial charge < -0.3 is 9.64 Å². The largest absolute Gasteiger partial charge is 0.372 e. The number of rotatable bonds is 1. The monoisotopic (exact) mass is 237 g/mol. The quantitative estimate of drug-likeness (QED) is 0.701. The normalized spacial score (nSPS) is 33.5. The average molecular weight is 237 g/mol. The highest BCUT2D eigenvalue weighted by Crippen LogP contribution is 2.35. The molecule has 1 aliphatic carbocycles. The van der Waals surface area contributed by atoms with Crippen LogP contribution in [-0.2, 0) is 9.53 Å².